The molecule has 0 bridgehead atoms. The first-order valence-corrected chi connectivity index (χ1v) is 17.3. The lowest BCUT2D eigenvalue weighted by Crippen LogP contribution is -2.70. The summed E-state index contributed by atoms with van der Waals surface area (Å²) in [6.07, 6.45) is 11.0. The predicted molar refractivity (Wildman–Crippen MR) is 183 cm³/mol. The van der Waals surface area contributed by atoms with Crippen LogP contribution in [0.4, 0.5) is 0 Å². The Hall–Kier alpha value is -4.19. The number of rotatable bonds is 7. The van der Waals surface area contributed by atoms with Crippen LogP contribution in [-0.2, 0) is 36.7 Å². The fourth-order valence-electron chi connectivity index (χ4n) is 10.6. The molecular formula is C42H46O6. The number of ketones is 1. The maximum absolute atomic E-state index is 14.0. The van der Waals surface area contributed by atoms with Crippen LogP contribution in [-0.4, -0.2) is 29.9 Å². The second-order valence-corrected chi connectivity index (χ2v) is 15.7. The lowest BCUT2D eigenvalue weighted by Gasteiger charge is -2.67. The van der Waals surface area contributed by atoms with Crippen molar-refractivity contribution >= 4 is 17.7 Å². The Morgan fingerprint density at radius 1 is 0.854 bits per heavy atom. The Labute approximate surface area is 283 Å². The van der Waals surface area contributed by atoms with Gasteiger partial charge in [0.05, 0.1) is 25.4 Å². The smallest absolute Gasteiger partial charge is 0.310 e. The summed E-state index contributed by atoms with van der Waals surface area (Å²) in [5, 5.41) is 0. The largest absolute Gasteiger partial charge is 0.472 e. The first-order chi connectivity index (χ1) is 22.9. The van der Waals surface area contributed by atoms with E-state index in [1.54, 1.807) is 12.3 Å². The molecule has 0 N–H and O–H groups in total. The third kappa shape index (κ3) is 5.02. The van der Waals surface area contributed by atoms with Crippen molar-refractivity contribution in [2.45, 2.75) is 84.8 Å². The summed E-state index contributed by atoms with van der Waals surface area (Å²) in [4.78, 5) is 41.7. The fraction of sp³-hybridized carbons (Fsp3) is 0.452. The molecule has 0 radical (unpaired) electrons. The summed E-state index contributed by atoms with van der Waals surface area (Å²) < 4.78 is 18.9. The molecule has 6 nitrogen and oxygen atoms in total. The molecule has 1 heterocycles. The van der Waals surface area contributed by atoms with Crippen molar-refractivity contribution in [3.8, 4) is 0 Å². The lowest BCUT2D eigenvalue weighted by molar-refractivity contribution is -0.238. The topological polar surface area (TPSA) is 82.8 Å². The third-order valence-electron chi connectivity index (χ3n) is 12.7. The Morgan fingerprint density at radius 2 is 1.48 bits per heavy atom. The van der Waals surface area contributed by atoms with Gasteiger partial charge in [0.2, 0.25) is 0 Å². The number of furan rings is 1. The van der Waals surface area contributed by atoms with Crippen LogP contribution in [0.2, 0.25) is 0 Å². The number of benzene rings is 2. The summed E-state index contributed by atoms with van der Waals surface area (Å²) in [7, 11) is 0. The van der Waals surface area contributed by atoms with Crippen LogP contribution in [0.5, 0.6) is 0 Å². The average Bonchev–Trinajstić information content (AvgIpc) is 3.70. The summed E-state index contributed by atoms with van der Waals surface area (Å²) in [6.45, 7) is 10.7. The lowest BCUT2D eigenvalue weighted by atomic mass is 9.37. The van der Waals surface area contributed by atoms with Gasteiger partial charge in [-0.25, -0.2) is 0 Å². The van der Waals surface area contributed by atoms with Crippen LogP contribution < -0.4 is 0 Å². The molecule has 8 atom stereocenters. The van der Waals surface area contributed by atoms with Crippen LogP contribution in [0.3, 0.4) is 0 Å². The molecule has 0 saturated heterocycles. The number of hydrogen-bond acceptors (Lipinski definition) is 6. The van der Waals surface area contributed by atoms with E-state index in [0.717, 1.165) is 30.4 Å². The zero-order valence-corrected chi connectivity index (χ0v) is 28.6. The first kappa shape index (κ1) is 32.4. The van der Waals surface area contributed by atoms with E-state index in [4.69, 9.17) is 13.9 Å². The van der Waals surface area contributed by atoms with Crippen LogP contribution in [0.15, 0.2) is 107 Å². The van der Waals surface area contributed by atoms with Gasteiger partial charge in [0.25, 0.3) is 0 Å². The van der Waals surface area contributed by atoms with E-state index in [0.29, 0.717) is 0 Å². The van der Waals surface area contributed by atoms with Crippen molar-refractivity contribution in [1.82, 2.24) is 0 Å². The molecule has 4 aliphatic carbocycles. The Balaban J connectivity index is 1.37. The quantitative estimate of drug-likeness (QED) is 0.190. The minimum Gasteiger partial charge on any atom is -0.472 e. The van der Waals surface area contributed by atoms with Crippen LogP contribution >= 0.6 is 0 Å². The van der Waals surface area contributed by atoms with E-state index < -0.39 is 40.3 Å². The number of fused-ring (bicyclic) bond motifs is 5. The van der Waals surface area contributed by atoms with Crippen molar-refractivity contribution in [2.24, 2.45) is 33.5 Å². The molecule has 2 saturated carbocycles. The van der Waals surface area contributed by atoms with Crippen LogP contribution in [0, 0.1) is 33.5 Å². The van der Waals surface area contributed by atoms with Gasteiger partial charge in [-0.05, 0) is 70.8 Å². The molecular weight excluding hydrogens is 600 g/mol. The molecule has 4 aliphatic rings. The molecule has 3 aromatic rings. The predicted octanol–water partition coefficient (Wildman–Crippen LogP) is 8.23. The van der Waals surface area contributed by atoms with E-state index in [9.17, 15) is 14.4 Å². The first-order valence-electron chi connectivity index (χ1n) is 17.3. The zero-order chi connectivity index (χ0) is 33.9. The molecule has 7 rings (SSSR count). The standard InChI is InChI=1S/C42H46O6/c1-39(2)33(43)19-22-41(4)32-18-21-40(3)30(29-20-23-46-26-29)16-17-31(40)42(32,5)38(48-35(45)25-28-14-10-7-11-15-28)36(37(39)41)47-34(44)24-27-12-8-6-9-13-27/h6-15,17,19-20,22-23,26,30,32,36-38H,16,18,21,24-25H2,1-5H3/t30-,32+,36+,37-,38+,40-,41+,42-/m0/s1. The van der Waals surface area contributed by atoms with E-state index in [1.807, 2.05) is 80.8 Å². The van der Waals surface area contributed by atoms with Gasteiger partial charge in [-0.2, -0.15) is 0 Å². The second-order valence-electron chi connectivity index (χ2n) is 15.7. The van der Waals surface area contributed by atoms with Crippen LogP contribution in [0.25, 0.3) is 0 Å². The van der Waals surface area contributed by atoms with Crippen molar-refractivity contribution in [1.29, 1.82) is 0 Å². The second kappa shape index (κ2) is 11.7. The van der Waals surface area contributed by atoms with Gasteiger partial charge in [-0.1, -0.05) is 113 Å². The molecule has 0 unspecified atom stereocenters. The number of ether oxygens (including phenoxy) is 2. The van der Waals surface area contributed by atoms with E-state index in [1.165, 1.54) is 11.1 Å². The SMILES string of the molecule is CC1(C)C(=O)C=C[C@]2(C)[C@H]3CC[C@]4(C)C(=CC[C@H]4c4ccoc4)[C@]3(C)[C@H](OC(=O)Cc3ccccc3)[C@H](OC(=O)Cc3ccccc3)[C@@H]12. The average molecular weight is 647 g/mol. The summed E-state index contributed by atoms with van der Waals surface area (Å²) in [5.74, 6) is -0.938. The zero-order valence-electron chi connectivity index (χ0n) is 28.6. The Kier molecular flexibility index (Phi) is 7.92. The molecule has 0 aliphatic heterocycles. The molecule has 2 fully saturated rings. The number of esters is 2. The van der Waals surface area contributed by atoms with E-state index in [-0.39, 0.29) is 41.8 Å². The van der Waals surface area contributed by atoms with Gasteiger partial charge in [-0.3, -0.25) is 14.4 Å². The van der Waals surface area contributed by atoms with Crippen molar-refractivity contribution in [2.75, 3.05) is 0 Å². The molecule has 48 heavy (non-hydrogen) atoms. The van der Waals surface area contributed by atoms with Gasteiger partial charge < -0.3 is 13.9 Å². The highest BCUT2D eigenvalue weighted by atomic mass is 16.6. The molecule has 0 spiro atoms. The third-order valence-corrected chi connectivity index (χ3v) is 12.7. The fourth-order valence-corrected chi connectivity index (χ4v) is 10.6. The molecule has 2 aromatic carbocycles. The highest BCUT2D eigenvalue weighted by Gasteiger charge is 2.72. The monoisotopic (exact) mass is 646 g/mol. The summed E-state index contributed by atoms with van der Waals surface area (Å²) >= 11 is 0. The van der Waals surface area contributed by atoms with Gasteiger partial charge >= 0.3 is 11.9 Å². The molecule has 6 heteroatoms. The van der Waals surface area contributed by atoms with Gasteiger partial charge in [0.1, 0.15) is 12.2 Å². The van der Waals surface area contributed by atoms with Crippen molar-refractivity contribution in [3.63, 3.8) is 0 Å². The summed E-state index contributed by atoms with van der Waals surface area (Å²) in [5.41, 5.74) is 1.84. The van der Waals surface area contributed by atoms with Crippen LogP contribution in [0.1, 0.15) is 76.5 Å². The Bertz CT molecular complexity index is 1750. The maximum atomic E-state index is 14.0. The highest BCUT2D eigenvalue weighted by molar-refractivity contribution is 5.96. The Morgan fingerprint density at radius 3 is 2.08 bits per heavy atom. The number of carbonyl (C=O) groups excluding carboxylic acids is 3. The summed E-state index contributed by atoms with van der Waals surface area (Å²) in [6, 6.07) is 21.2. The van der Waals surface area contributed by atoms with Gasteiger partial charge in [0, 0.05) is 16.7 Å². The van der Waals surface area contributed by atoms with Gasteiger partial charge in [0.15, 0.2) is 5.78 Å². The van der Waals surface area contributed by atoms with Crippen molar-refractivity contribution < 1.29 is 28.3 Å². The highest BCUT2D eigenvalue weighted by Crippen LogP contribution is 2.73. The minimum atomic E-state index is -0.864. The number of allylic oxidation sites excluding steroid dienone is 3. The van der Waals surface area contributed by atoms with E-state index in [2.05, 4.69) is 39.0 Å². The molecule has 0 amide bonds. The normalized spacial score (nSPS) is 34.7. The van der Waals surface area contributed by atoms with Crippen molar-refractivity contribution in [3.05, 3.63) is 120 Å². The van der Waals surface area contributed by atoms with E-state index >= 15 is 0 Å². The molecule has 1 aromatic heterocycles. The minimum absolute atomic E-state index is 0.00667. The number of carbonyl (C=O) groups is 3. The van der Waals surface area contributed by atoms with Gasteiger partial charge in [-0.15, -0.1) is 0 Å². The maximum Gasteiger partial charge on any atom is 0.310 e. The number of hydrogen-bond donors (Lipinski definition) is 0. The molecule has 250 valence electrons.